The number of carbonyl (C=O) groups is 3. The first kappa shape index (κ1) is 22.2. The van der Waals surface area contributed by atoms with Crippen LogP contribution < -0.4 is 4.90 Å². The zero-order valence-electron chi connectivity index (χ0n) is 17.8. The van der Waals surface area contributed by atoms with Crippen LogP contribution in [0.1, 0.15) is 26.7 Å². The molecule has 0 bridgehead atoms. The number of rotatable bonds is 6. The van der Waals surface area contributed by atoms with Crippen molar-refractivity contribution >= 4 is 23.4 Å². The van der Waals surface area contributed by atoms with Gasteiger partial charge in [-0.2, -0.15) is 0 Å². The maximum absolute atomic E-state index is 14.1. The minimum atomic E-state index is -0.457. The fraction of sp³-hybridized carbons (Fsp3) is 0.591. The van der Waals surface area contributed by atoms with Crippen molar-refractivity contribution in [1.29, 1.82) is 0 Å². The largest absolute Gasteiger partial charge is 0.342 e. The monoisotopic (exact) mass is 418 g/mol. The highest BCUT2D eigenvalue weighted by Gasteiger charge is 2.38. The fourth-order valence-electron chi connectivity index (χ4n) is 4.25. The van der Waals surface area contributed by atoms with Gasteiger partial charge in [0.1, 0.15) is 5.82 Å². The van der Waals surface area contributed by atoms with Crippen molar-refractivity contribution in [2.45, 2.75) is 26.7 Å². The standard InChI is InChI=1S/C22H31FN4O3/c1-3-25(4-2)21(29)16-24-10-7-11-26(13-12-24)22(30)17-14-20(28)27(15-17)19-9-6-5-8-18(19)23/h5-6,8-9,17H,3-4,7,10-16H2,1-2H3. The second kappa shape index (κ2) is 10.0. The summed E-state index contributed by atoms with van der Waals surface area (Å²) in [5, 5.41) is 0. The quantitative estimate of drug-likeness (QED) is 0.704. The smallest absolute Gasteiger partial charge is 0.236 e. The predicted octanol–water partition coefficient (Wildman–Crippen LogP) is 1.58. The van der Waals surface area contributed by atoms with Gasteiger partial charge in [-0.05, 0) is 32.4 Å². The van der Waals surface area contributed by atoms with E-state index in [1.807, 2.05) is 18.7 Å². The van der Waals surface area contributed by atoms with Crippen molar-refractivity contribution in [2.24, 2.45) is 5.92 Å². The molecule has 8 heteroatoms. The highest BCUT2D eigenvalue weighted by molar-refractivity contribution is 6.00. The van der Waals surface area contributed by atoms with Crippen LogP contribution >= 0.6 is 0 Å². The van der Waals surface area contributed by atoms with Crippen LogP contribution in [0.15, 0.2) is 24.3 Å². The third kappa shape index (κ3) is 4.98. The molecule has 1 atom stereocenters. The molecule has 0 spiro atoms. The second-order valence-corrected chi connectivity index (χ2v) is 7.88. The molecule has 1 aromatic rings. The first-order valence-electron chi connectivity index (χ1n) is 10.8. The first-order valence-corrected chi connectivity index (χ1v) is 10.8. The molecular weight excluding hydrogens is 387 g/mol. The van der Waals surface area contributed by atoms with Crippen LogP contribution in [0.4, 0.5) is 10.1 Å². The molecule has 0 aromatic heterocycles. The van der Waals surface area contributed by atoms with Crippen LogP contribution in [-0.4, -0.2) is 84.8 Å². The Kier molecular flexibility index (Phi) is 7.42. The lowest BCUT2D eigenvalue weighted by atomic mass is 10.1. The Morgan fingerprint density at radius 3 is 2.53 bits per heavy atom. The van der Waals surface area contributed by atoms with Crippen molar-refractivity contribution in [1.82, 2.24) is 14.7 Å². The maximum atomic E-state index is 14.1. The lowest BCUT2D eigenvalue weighted by Crippen LogP contribution is -2.43. The number of hydrogen-bond donors (Lipinski definition) is 0. The average molecular weight is 419 g/mol. The Balaban J connectivity index is 1.57. The van der Waals surface area contributed by atoms with Crippen LogP contribution in [0, 0.1) is 11.7 Å². The number of carbonyl (C=O) groups excluding carboxylic acids is 3. The van der Waals surface area contributed by atoms with E-state index in [1.165, 1.54) is 11.0 Å². The third-order valence-corrected chi connectivity index (χ3v) is 5.99. The van der Waals surface area contributed by atoms with E-state index in [1.54, 1.807) is 23.1 Å². The van der Waals surface area contributed by atoms with Gasteiger partial charge in [0.15, 0.2) is 0 Å². The zero-order chi connectivity index (χ0) is 21.7. The number of benzene rings is 1. The van der Waals surface area contributed by atoms with Gasteiger partial charge in [0.2, 0.25) is 17.7 Å². The Morgan fingerprint density at radius 2 is 1.83 bits per heavy atom. The summed E-state index contributed by atoms with van der Waals surface area (Å²) < 4.78 is 14.1. The van der Waals surface area contributed by atoms with E-state index in [4.69, 9.17) is 0 Å². The summed E-state index contributed by atoms with van der Waals surface area (Å²) in [6.07, 6.45) is 0.892. The average Bonchev–Trinajstić information content (AvgIpc) is 2.96. The molecule has 2 aliphatic rings. The second-order valence-electron chi connectivity index (χ2n) is 7.88. The van der Waals surface area contributed by atoms with E-state index in [2.05, 4.69) is 4.90 Å². The summed E-state index contributed by atoms with van der Waals surface area (Å²) in [6, 6.07) is 6.15. The summed E-state index contributed by atoms with van der Waals surface area (Å²) in [7, 11) is 0. The van der Waals surface area contributed by atoms with E-state index in [0.717, 1.165) is 13.0 Å². The van der Waals surface area contributed by atoms with Crippen molar-refractivity contribution < 1.29 is 18.8 Å². The molecule has 1 unspecified atom stereocenters. The molecule has 30 heavy (non-hydrogen) atoms. The third-order valence-electron chi connectivity index (χ3n) is 5.99. The molecule has 0 N–H and O–H groups in total. The van der Waals surface area contributed by atoms with Crippen molar-refractivity contribution in [3.63, 3.8) is 0 Å². The van der Waals surface area contributed by atoms with Gasteiger partial charge in [0, 0.05) is 52.2 Å². The van der Waals surface area contributed by atoms with E-state index < -0.39 is 11.7 Å². The maximum Gasteiger partial charge on any atom is 0.236 e. The van der Waals surface area contributed by atoms with Crippen molar-refractivity contribution in [3.05, 3.63) is 30.1 Å². The van der Waals surface area contributed by atoms with Crippen molar-refractivity contribution in [2.75, 3.05) is 57.3 Å². The minimum absolute atomic E-state index is 0.0564. The minimum Gasteiger partial charge on any atom is -0.342 e. The summed E-state index contributed by atoms with van der Waals surface area (Å²) in [5.41, 5.74) is 0.231. The molecule has 2 fully saturated rings. The van der Waals surface area contributed by atoms with Gasteiger partial charge in [-0.25, -0.2) is 4.39 Å². The van der Waals surface area contributed by atoms with Gasteiger partial charge in [-0.1, -0.05) is 12.1 Å². The van der Waals surface area contributed by atoms with Gasteiger partial charge < -0.3 is 14.7 Å². The Hall–Kier alpha value is -2.48. The highest BCUT2D eigenvalue weighted by Crippen LogP contribution is 2.28. The Morgan fingerprint density at radius 1 is 1.10 bits per heavy atom. The van der Waals surface area contributed by atoms with Crippen LogP contribution in [-0.2, 0) is 14.4 Å². The molecule has 2 saturated heterocycles. The first-order chi connectivity index (χ1) is 14.4. The Labute approximate surface area is 177 Å². The molecule has 0 saturated carbocycles. The van der Waals surface area contributed by atoms with Crippen LogP contribution in [0.2, 0.25) is 0 Å². The number of nitrogens with zero attached hydrogens (tertiary/aromatic N) is 4. The van der Waals surface area contributed by atoms with Crippen LogP contribution in [0.25, 0.3) is 0 Å². The molecule has 2 heterocycles. The number of hydrogen-bond acceptors (Lipinski definition) is 4. The molecule has 2 aliphatic heterocycles. The van der Waals surface area contributed by atoms with E-state index in [0.29, 0.717) is 39.3 Å². The molecule has 3 rings (SSSR count). The lowest BCUT2D eigenvalue weighted by Gasteiger charge is -2.26. The molecular formula is C22H31FN4O3. The van der Waals surface area contributed by atoms with E-state index in [-0.39, 0.29) is 36.4 Å². The SMILES string of the molecule is CCN(CC)C(=O)CN1CCCN(C(=O)C2CC(=O)N(c3ccccc3F)C2)CC1. The number of anilines is 1. The normalized spacial score (nSPS) is 20.4. The number of para-hydroxylation sites is 1. The van der Waals surface area contributed by atoms with Gasteiger partial charge in [-0.15, -0.1) is 0 Å². The number of amides is 3. The molecule has 1 aromatic carbocycles. The summed E-state index contributed by atoms with van der Waals surface area (Å²) in [5.74, 6) is -1.08. The number of likely N-dealkylation sites (N-methyl/N-ethyl adjacent to an activating group) is 1. The van der Waals surface area contributed by atoms with Gasteiger partial charge in [-0.3, -0.25) is 19.3 Å². The van der Waals surface area contributed by atoms with Crippen molar-refractivity contribution in [3.8, 4) is 0 Å². The van der Waals surface area contributed by atoms with E-state index in [9.17, 15) is 18.8 Å². The highest BCUT2D eigenvalue weighted by atomic mass is 19.1. The molecule has 7 nitrogen and oxygen atoms in total. The molecule has 0 aliphatic carbocycles. The summed E-state index contributed by atoms with van der Waals surface area (Å²) in [6.45, 7) is 8.46. The van der Waals surface area contributed by atoms with Gasteiger partial charge >= 0.3 is 0 Å². The topological polar surface area (TPSA) is 64.2 Å². The number of halogens is 1. The summed E-state index contributed by atoms with van der Waals surface area (Å²) in [4.78, 5) is 44.9. The molecule has 164 valence electrons. The van der Waals surface area contributed by atoms with Crippen LogP contribution in [0.3, 0.4) is 0 Å². The predicted molar refractivity (Wildman–Crippen MR) is 112 cm³/mol. The van der Waals surface area contributed by atoms with Gasteiger partial charge in [0.25, 0.3) is 0 Å². The molecule has 0 radical (unpaired) electrons. The zero-order valence-corrected chi connectivity index (χ0v) is 17.8. The van der Waals surface area contributed by atoms with Crippen LogP contribution in [0.5, 0.6) is 0 Å². The lowest BCUT2D eigenvalue weighted by molar-refractivity contribution is -0.135. The summed E-state index contributed by atoms with van der Waals surface area (Å²) >= 11 is 0. The molecule has 3 amide bonds. The Bertz CT molecular complexity index is 783. The fourth-order valence-corrected chi connectivity index (χ4v) is 4.25. The van der Waals surface area contributed by atoms with E-state index >= 15 is 0 Å². The van der Waals surface area contributed by atoms with Gasteiger partial charge in [0.05, 0.1) is 18.2 Å².